The van der Waals surface area contributed by atoms with Gasteiger partial charge in [-0.25, -0.2) is 9.35 Å². The molecular formula is C19H20ClN5O3S. The minimum Gasteiger partial charge on any atom is -0.497 e. The molecule has 29 heavy (non-hydrogen) atoms. The van der Waals surface area contributed by atoms with E-state index in [4.69, 9.17) is 41.5 Å². The summed E-state index contributed by atoms with van der Waals surface area (Å²) in [5.74, 6) is 0.753. The lowest BCUT2D eigenvalue weighted by Crippen LogP contribution is -2.42. The molecule has 0 bridgehead atoms. The normalized spacial score (nSPS) is 17.2. The van der Waals surface area contributed by atoms with Crippen LogP contribution in [0.15, 0.2) is 47.5 Å². The summed E-state index contributed by atoms with van der Waals surface area (Å²) in [5.41, 5.74) is 2.62. The van der Waals surface area contributed by atoms with Gasteiger partial charge in [0.05, 0.1) is 25.1 Å². The highest BCUT2D eigenvalue weighted by Crippen LogP contribution is 2.32. The molecule has 8 nitrogen and oxygen atoms in total. The van der Waals surface area contributed by atoms with Crippen LogP contribution < -0.4 is 14.8 Å². The fourth-order valence-electron chi connectivity index (χ4n) is 3.04. The Morgan fingerprint density at radius 2 is 2.00 bits per heavy atom. The third-order valence-electron chi connectivity index (χ3n) is 4.34. The lowest BCUT2D eigenvalue weighted by atomic mass is 9.99. The van der Waals surface area contributed by atoms with Crippen LogP contribution in [0.2, 0.25) is 5.02 Å². The van der Waals surface area contributed by atoms with Gasteiger partial charge >= 0.3 is 0 Å². The zero-order valence-electron chi connectivity index (χ0n) is 15.8. The van der Waals surface area contributed by atoms with Gasteiger partial charge in [0.1, 0.15) is 23.5 Å². The Morgan fingerprint density at radius 1 is 1.31 bits per heavy atom. The maximum absolute atomic E-state index is 11.2. The molecule has 10 heteroatoms. The SMILES string of the molecule is COc1ccc2c(c1)C(c1ccc(Cl)cc1)=N[C@@H](COS(N)=O)C(=N)N2C(C)=N. The largest absolute Gasteiger partial charge is 0.497 e. The average molecular weight is 434 g/mol. The number of nitrogens with zero attached hydrogens (tertiary/aromatic N) is 2. The Balaban J connectivity index is 2.24. The van der Waals surface area contributed by atoms with Crippen molar-refractivity contribution in [2.75, 3.05) is 18.6 Å². The highest BCUT2D eigenvalue weighted by molar-refractivity contribution is 7.77. The van der Waals surface area contributed by atoms with Crippen LogP contribution in [0.3, 0.4) is 0 Å². The summed E-state index contributed by atoms with van der Waals surface area (Å²) >= 11 is 4.03. The van der Waals surface area contributed by atoms with Crippen LogP contribution in [-0.4, -0.2) is 41.4 Å². The van der Waals surface area contributed by atoms with Crippen LogP contribution >= 0.6 is 11.6 Å². The number of ether oxygens (including phenoxy) is 1. The lowest BCUT2D eigenvalue weighted by Gasteiger charge is -2.26. The van der Waals surface area contributed by atoms with Crippen LogP contribution in [0.1, 0.15) is 18.1 Å². The van der Waals surface area contributed by atoms with Crippen molar-refractivity contribution >= 4 is 45.9 Å². The maximum Gasteiger partial charge on any atom is 0.231 e. The van der Waals surface area contributed by atoms with E-state index in [1.807, 2.05) is 12.1 Å². The second-order valence-electron chi connectivity index (χ2n) is 6.23. The summed E-state index contributed by atoms with van der Waals surface area (Å²) in [7, 11) is 1.56. The van der Waals surface area contributed by atoms with E-state index in [0.29, 0.717) is 27.7 Å². The van der Waals surface area contributed by atoms with Gasteiger partial charge in [0, 0.05) is 16.1 Å². The van der Waals surface area contributed by atoms with Crippen LogP contribution in [0.25, 0.3) is 0 Å². The molecule has 3 rings (SSSR count). The molecule has 0 amide bonds. The van der Waals surface area contributed by atoms with Crippen molar-refractivity contribution in [2.24, 2.45) is 10.1 Å². The molecule has 1 heterocycles. The van der Waals surface area contributed by atoms with Gasteiger partial charge in [-0.1, -0.05) is 23.7 Å². The van der Waals surface area contributed by atoms with E-state index < -0.39 is 17.3 Å². The zero-order chi connectivity index (χ0) is 21.1. The number of methoxy groups -OCH3 is 1. The minimum absolute atomic E-state index is 0.0123. The summed E-state index contributed by atoms with van der Waals surface area (Å²) in [6.45, 7) is 1.41. The molecule has 0 saturated carbocycles. The van der Waals surface area contributed by atoms with Crippen LogP contribution in [-0.2, 0) is 15.4 Å². The molecule has 0 fully saturated rings. The molecule has 4 N–H and O–H groups in total. The molecule has 2 aromatic carbocycles. The summed E-state index contributed by atoms with van der Waals surface area (Å²) in [6, 6.07) is 11.6. The monoisotopic (exact) mass is 433 g/mol. The number of nitrogens with one attached hydrogen (secondary N) is 2. The first-order chi connectivity index (χ1) is 13.8. The molecule has 0 aromatic heterocycles. The topological polar surface area (TPSA) is 125 Å². The van der Waals surface area contributed by atoms with E-state index in [-0.39, 0.29) is 18.3 Å². The van der Waals surface area contributed by atoms with Gasteiger partial charge in [0.2, 0.25) is 11.3 Å². The number of benzodiazepines with no additional fused rings is 1. The Kier molecular flexibility index (Phi) is 6.43. The van der Waals surface area contributed by atoms with Crippen LogP contribution in [0, 0.1) is 10.8 Å². The lowest BCUT2D eigenvalue weighted by molar-refractivity contribution is 0.342. The third kappa shape index (κ3) is 4.54. The maximum atomic E-state index is 11.2. The first-order valence-electron chi connectivity index (χ1n) is 8.57. The first-order valence-corrected chi connectivity index (χ1v) is 10.1. The number of anilines is 1. The van der Waals surface area contributed by atoms with E-state index in [1.54, 1.807) is 44.4 Å². The van der Waals surface area contributed by atoms with Crippen molar-refractivity contribution in [3.05, 3.63) is 58.6 Å². The fourth-order valence-corrected chi connectivity index (χ4v) is 3.43. The second-order valence-corrected chi connectivity index (χ2v) is 7.43. The molecule has 2 atom stereocenters. The summed E-state index contributed by atoms with van der Waals surface area (Å²) in [6.07, 6.45) is 0. The van der Waals surface area contributed by atoms with Gasteiger partial charge in [-0.2, -0.15) is 0 Å². The molecule has 0 radical (unpaired) electrons. The van der Waals surface area contributed by atoms with Crippen LogP contribution in [0.4, 0.5) is 5.69 Å². The summed E-state index contributed by atoms with van der Waals surface area (Å²) in [4.78, 5) is 6.18. The van der Waals surface area contributed by atoms with Crippen LogP contribution in [0.5, 0.6) is 5.75 Å². The number of nitrogens with two attached hydrogens (primary N) is 1. The van der Waals surface area contributed by atoms with E-state index >= 15 is 0 Å². The first kappa shape index (κ1) is 21.1. The molecule has 1 aliphatic heterocycles. The van der Waals surface area contributed by atoms with E-state index in [1.165, 1.54) is 4.90 Å². The number of aliphatic imine (C=N–C) groups is 1. The molecule has 1 aliphatic rings. The Morgan fingerprint density at radius 3 is 2.59 bits per heavy atom. The Hall–Kier alpha value is -2.59. The standard InChI is InChI=1S/C19H20ClN5O3S/c1-11(21)25-17-8-7-14(27-2)9-15(17)18(12-3-5-13(20)6-4-12)24-16(19(25)22)10-28-29(23)26/h3-9,16,21-22H,10,23H2,1-2H3/t16-,29?/m0/s1. The van der Waals surface area contributed by atoms with E-state index in [2.05, 4.69) is 0 Å². The Labute approximate surface area is 176 Å². The van der Waals surface area contributed by atoms with E-state index in [0.717, 1.165) is 5.56 Å². The van der Waals surface area contributed by atoms with Crippen molar-refractivity contribution in [1.82, 2.24) is 0 Å². The number of halogens is 1. The highest BCUT2D eigenvalue weighted by atomic mass is 35.5. The molecule has 152 valence electrons. The Bertz CT molecular complexity index is 1010. The van der Waals surface area contributed by atoms with Crippen molar-refractivity contribution in [2.45, 2.75) is 13.0 Å². The number of hydrogen-bond donors (Lipinski definition) is 3. The zero-order valence-corrected chi connectivity index (χ0v) is 17.4. The molecule has 2 aromatic rings. The molecule has 1 unspecified atom stereocenters. The quantitative estimate of drug-likeness (QED) is 0.495. The van der Waals surface area contributed by atoms with Gasteiger partial charge in [-0.15, -0.1) is 0 Å². The van der Waals surface area contributed by atoms with Crippen molar-refractivity contribution in [1.29, 1.82) is 10.8 Å². The summed E-state index contributed by atoms with van der Waals surface area (Å²) in [5, 5.41) is 22.6. The smallest absolute Gasteiger partial charge is 0.231 e. The predicted molar refractivity (Wildman–Crippen MR) is 116 cm³/mol. The van der Waals surface area contributed by atoms with Crippen molar-refractivity contribution in [3.63, 3.8) is 0 Å². The van der Waals surface area contributed by atoms with Gasteiger partial charge in [0.15, 0.2) is 0 Å². The van der Waals surface area contributed by atoms with Gasteiger partial charge in [-0.3, -0.25) is 24.9 Å². The summed E-state index contributed by atoms with van der Waals surface area (Å²) < 4.78 is 21.7. The molecule has 0 saturated heterocycles. The van der Waals surface area contributed by atoms with Gasteiger partial charge in [-0.05, 0) is 37.3 Å². The van der Waals surface area contributed by atoms with Crippen molar-refractivity contribution < 1.29 is 13.1 Å². The van der Waals surface area contributed by atoms with Gasteiger partial charge < -0.3 is 4.74 Å². The number of rotatable bonds is 5. The molecule has 0 spiro atoms. The van der Waals surface area contributed by atoms with Crippen molar-refractivity contribution in [3.8, 4) is 5.75 Å². The second kappa shape index (κ2) is 8.83. The predicted octanol–water partition coefficient (Wildman–Crippen LogP) is 2.90. The number of hydrogen-bond acceptors (Lipinski definition) is 6. The third-order valence-corrected chi connectivity index (χ3v) is 4.96. The van der Waals surface area contributed by atoms with Gasteiger partial charge in [0.25, 0.3) is 0 Å². The number of fused-ring (bicyclic) bond motifs is 1. The number of benzene rings is 2. The fraction of sp³-hybridized carbons (Fsp3) is 0.211. The highest BCUT2D eigenvalue weighted by Gasteiger charge is 2.31. The average Bonchev–Trinajstić information content (AvgIpc) is 2.80. The van der Waals surface area contributed by atoms with E-state index in [9.17, 15) is 4.21 Å². The molecular weight excluding hydrogens is 414 g/mol. The minimum atomic E-state index is -2.00. The molecule has 0 aliphatic carbocycles. The number of amidine groups is 2.